The van der Waals surface area contributed by atoms with Gasteiger partial charge in [-0.15, -0.1) is 0 Å². The molecule has 3 aliphatic rings. The number of ether oxygens (including phenoxy) is 6. The first-order valence-electron chi connectivity index (χ1n) is 36.6. The summed E-state index contributed by atoms with van der Waals surface area (Å²) in [5.41, 5.74) is 0. The van der Waals surface area contributed by atoms with Gasteiger partial charge in [0.15, 0.2) is 18.9 Å². The van der Waals surface area contributed by atoms with E-state index in [1.54, 1.807) is 6.08 Å². The van der Waals surface area contributed by atoms with Crippen LogP contribution in [0.15, 0.2) is 24.3 Å². The zero-order valence-electron chi connectivity index (χ0n) is 56.1. The lowest BCUT2D eigenvalue weighted by Gasteiger charge is -2.48. The smallest absolute Gasteiger partial charge is 0.220 e. The van der Waals surface area contributed by atoms with Crippen LogP contribution in [0, 0.1) is 0 Å². The first-order chi connectivity index (χ1) is 43.8. The highest BCUT2D eigenvalue weighted by molar-refractivity contribution is 5.76. The van der Waals surface area contributed by atoms with E-state index in [4.69, 9.17) is 28.4 Å². The maximum absolute atomic E-state index is 13.4. The van der Waals surface area contributed by atoms with Gasteiger partial charge >= 0.3 is 0 Å². The molecule has 12 N–H and O–H groups in total. The van der Waals surface area contributed by atoms with Crippen LogP contribution in [0.2, 0.25) is 0 Å². The zero-order chi connectivity index (χ0) is 65.4. The second kappa shape index (κ2) is 53.4. The minimum Gasteiger partial charge on any atom is -0.394 e. The summed E-state index contributed by atoms with van der Waals surface area (Å²) in [7, 11) is 0. The largest absolute Gasteiger partial charge is 0.394 e. The van der Waals surface area contributed by atoms with Gasteiger partial charge in [0.25, 0.3) is 0 Å². The molecule has 0 radical (unpaired) electrons. The lowest BCUT2D eigenvalue weighted by atomic mass is 9.96. The van der Waals surface area contributed by atoms with Gasteiger partial charge < -0.3 is 89.9 Å². The van der Waals surface area contributed by atoms with Crippen LogP contribution in [0.3, 0.4) is 0 Å². The molecular weight excluding hydrogens is 1150 g/mol. The fourth-order valence-electron chi connectivity index (χ4n) is 12.6. The molecule has 90 heavy (non-hydrogen) atoms. The van der Waals surface area contributed by atoms with Gasteiger partial charge in [-0.2, -0.15) is 0 Å². The number of carbonyl (C=O) groups excluding carboxylic acids is 1. The number of amides is 1. The van der Waals surface area contributed by atoms with Crippen LogP contribution in [0.4, 0.5) is 0 Å². The van der Waals surface area contributed by atoms with Crippen molar-refractivity contribution in [3.63, 3.8) is 0 Å². The fraction of sp³-hybridized carbons (Fsp3) is 0.930. The summed E-state index contributed by atoms with van der Waals surface area (Å²) < 4.78 is 34.4. The Hall–Kier alpha value is -1.73. The van der Waals surface area contributed by atoms with Gasteiger partial charge in [0.2, 0.25) is 5.91 Å². The molecule has 3 fully saturated rings. The molecule has 0 saturated carbocycles. The van der Waals surface area contributed by atoms with Gasteiger partial charge in [0.1, 0.15) is 73.2 Å². The van der Waals surface area contributed by atoms with Gasteiger partial charge in [0, 0.05) is 6.42 Å². The molecule has 19 heteroatoms. The molecule has 0 bridgehead atoms. The van der Waals surface area contributed by atoms with Crippen LogP contribution >= 0.6 is 0 Å². The Morgan fingerprint density at radius 2 is 0.711 bits per heavy atom. The molecule has 17 unspecified atom stereocenters. The van der Waals surface area contributed by atoms with Crippen molar-refractivity contribution in [3.05, 3.63) is 24.3 Å². The minimum absolute atomic E-state index is 0.241. The number of allylic oxidation sites excluding steroid dienone is 3. The average molecular weight is 1290 g/mol. The Bertz CT molecular complexity index is 1730. The van der Waals surface area contributed by atoms with Crippen molar-refractivity contribution in [1.29, 1.82) is 0 Å². The second-order valence-electron chi connectivity index (χ2n) is 26.4. The molecule has 3 saturated heterocycles. The number of nitrogens with one attached hydrogen (secondary N) is 1. The molecule has 0 spiro atoms. The molecule has 0 aliphatic carbocycles. The number of hydrogen-bond acceptors (Lipinski definition) is 18. The van der Waals surface area contributed by atoms with Gasteiger partial charge in [-0.3, -0.25) is 4.79 Å². The van der Waals surface area contributed by atoms with Crippen molar-refractivity contribution in [2.75, 3.05) is 26.4 Å². The van der Waals surface area contributed by atoms with E-state index in [2.05, 4.69) is 31.3 Å². The number of carbonyl (C=O) groups is 1. The topological polar surface area (TPSA) is 307 Å². The van der Waals surface area contributed by atoms with Crippen LogP contribution in [0.25, 0.3) is 0 Å². The third-order valence-electron chi connectivity index (χ3n) is 18.5. The quantitative estimate of drug-likeness (QED) is 0.0199. The lowest BCUT2D eigenvalue weighted by Crippen LogP contribution is -2.66. The zero-order valence-corrected chi connectivity index (χ0v) is 56.1. The second-order valence-corrected chi connectivity index (χ2v) is 26.4. The van der Waals surface area contributed by atoms with E-state index < -0.39 is 124 Å². The van der Waals surface area contributed by atoms with Gasteiger partial charge in [-0.05, 0) is 32.1 Å². The van der Waals surface area contributed by atoms with Crippen molar-refractivity contribution >= 4 is 5.91 Å². The third-order valence-corrected chi connectivity index (χ3v) is 18.5. The van der Waals surface area contributed by atoms with E-state index >= 15 is 0 Å². The predicted octanol–water partition coefficient (Wildman–Crippen LogP) is 10.2. The van der Waals surface area contributed by atoms with Crippen LogP contribution in [-0.2, 0) is 33.2 Å². The van der Waals surface area contributed by atoms with Crippen molar-refractivity contribution in [1.82, 2.24) is 5.32 Å². The molecule has 0 aromatic carbocycles. The monoisotopic (exact) mass is 1290 g/mol. The number of rotatable bonds is 57. The van der Waals surface area contributed by atoms with E-state index in [-0.39, 0.29) is 18.9 Å². The van der Waals surface area contributed by atoms with E-state index in [0.29, 0.717) is 12.8 Å². The third kappa shape index (κ3) is 34.8. The maximum Gasteiger partial charge on any atom is 0.220 e. The summed E-state index contributed by atoms with van der Waals surface area (Å²) in [6.07, 6.45) is 34.6. The van der Waals surface area contributed by atoms with Crippen LogP contribution in [-0.4, -0.2) is 193 Å². The van der Waals surface area contributed by atoms with Crippen LogP contribution in [0.5, 0.6) is 0 Å². The van der Waals surface area contributed by atoms with Gasteiger partial charge in [-0.25, -0.2) is 0 Å². The van der Waals surface area contributed by atoms with Crippen LogP contribution < -0.4 is 5.32 Å². The molecule has 17 atom stereocenters. The van der Waals surface area contributed by atoms with Crippen molar-refractivity contribution in [2.24, 2.45) is 0 Å². The average Bonchev–Trinajstić information content (AvgIpc) is 1.16. The molecule has 1 amide bonds. The van der Waals surface area contributed by atoms with Crippen LogP contribution in [0.1, 0.15) is 290 Å². The Morgan fingerprint density at radius 1 is 0.389 bits per heavy atom. The maximum atomic E-state index is 13.4. The standard InChI is InChI=1S/C71H133NO18/c1-3-5-7-9-11-13-15-17-19-21-22-23-24-25-26-27-28-29-30-31-33-35-37-39-41-43-45-47-49-59(77)72-54(55(76)48-46-44-42-40-38-36-34-32-20-18-16-14-12-10-8-6-4-2)53-85-69-65(83)62(80)67(57(51-74)87-69)90-71-66(84)63(81)68(58(52-75)88-71)89-70-64(82)61(79)60(78)56(50-73)86-70/h38,40,46,48,54-58,60-71,73-76,78-84H,3-37,39,41-45,47,49-53H2,1-2H3,(H,72,77)/b40-38+,48-46+. The molecule has 530 valence electrons. The summed E-state index contributed by atoms with van der Waals surface area (Å²) in [5, 5.41) is 121. The Kier molecular flexibility index (Phi) is 49.0. The number of aliphatic hydroxyl groups is 11. The minimum atomic E-state index is -1.98. The number of aliphatic hydroxyl groups excluding tert-OH is 11. The van der Waals surface area contributed by atoms with Crippen molar-refractivity contribution in [2.45, 2.75) is 394 Å². The summed E-state index contributed by atoms with van der Waals surface area (Å²) in [5.74, 6) is -0.279. The number of hydrogen-bond donors (Lipinski definition) is 12. The molecule has 19 nitrogen and oxygen atoms in total. The molecule has 3 rings (SSSR count). The molecule has 3 heterocycles. The fourth-order valence-corrected chi connectivity index (χ4v) is 12.6. The highest BCUT2D eigenvalue weighted by Gasteiger charge is 2.53. The molecule has 3 aliphatic heterocycles. The Labute approximate surface area is 543 Å². The molecule has 0 aromatic heterocycles. The van der Waals surface area contributed by atoms with E-state index in [1.165, 1.54) is 218 Å². The summed E-state index contributed by atoms with van der Waals surface area (Å²) in [6, 6.07) is -0.987. The predicted molar refractivity (Wildman–Crippen MR) is 351 cm³/mol. The summed E-state index contributed by atoms with van der Waals surface area (Å²) in [4.78, 5) is 13.4. The normalized spacial score (nSPS) is 28.1. The molecular formula is C71H133NO18. The van der Waals surface area contributed by atoms with Crippen molar-refractivity contribution in [3.8, 4) is 0 Å². The van der Waals surface area contributed by atoms with Crippen molar-refractivity contribution < 1.29 is 89.4 Å². The van der Waals surface area contributed by atoms with Gasteiger partial charge in [0.05, 0.1) is 38.6 Å². The Balaban J connectivity index is 1.40. The summed E-state index contributed by atoms with van der Waals surface area (Å²) >= 11 is 0. The Morgan fingerprint density at radius 3 is 1.11 bits per heavy atom. The van der Waals surface area contributed by atoms with E-state index in [9.17, 15) is 61.0 Å². The SMILES string of the molecule is CCCCCCCCCCCCC/C=C/CC/C=C/C(O)C(COC1OC(CO)C(OC2OC(CO)C(OC3OC(CO)C(O)C(O)C3O)C(O)C2O)C(O)C1O)NC(=O)CCCCCCCCCCCCCCCCCCCCCCCCCCCCCC. The first kappa shape index (κ1) is 82.5. The van der Waals surface area contributed by atoms with E-state index in [0.717, 1.165) is 38.5 Å². The highest BCUT2D eigenvalue weighted by atomic mass is 16.8. The lowest BCUT2D eigenvalue weighted by molar-refractivity contribution is -0.379. The molecule has 0 aromatic rings. The van der Waals surface area contributed by atoms with E-state index in [1.807, 2.05) is 6.08 Å². The first-order valence-corrected chi connectivity index (χ1v) is 36.6. The van der Waals surface area contributed by atoms with Gasteiger partial charge in [-0.1, -0.05) is 276 Å². The summed E-state index contributed by atoms with van der Waals surface area (Å²) in [6.45, 7) is 1.75. The number of unbranched alkanes of at least 4 members (excludes halogenated alkanes) is 39. The highest BCUT2D eigenvalue weighted by Crippen LogP contribution is 2.33.